The van der Waals surface area contributed by atoms with Crippen molar-refractivity contribution in [3.63, 3.8) is 0 Å². The molecule has 1 N–H and O–H groups in total. The standard InChI is InChI=1S/C25H27N3O/c1-5-28(6-2)21-15-22-23(18-12-8-7-11-17(18)21)26-16-25(29-22)24(3,4)19-13-9-10-14-20(19)27-25/h7-16,27H,5-6H2,1-4H3. The Balaban J connectivity index is 1.70. The van der Waals surface area contributed by atoms with Crippen molar-refractivity contribution in [3.8, 4) is 5.75 Å². The highest BCUT2D eigenvalue weighted by Gasteiger charge is 2.55. The molecule has 3 aromatic rings. The molecule has 1 spiro atoms. The number of aliphatic imine (C=N–C) groups is 1. The molecule has 0 fully saturated rings. The van der Waals surface area contributed by atoms with Gasteiger partial charge in [0.15, 0.2) is 5.75 Å². The van der Waals surface area contributed by atoms with Crippen LogP contribution in [0.4, 0.5) is 17.1 Å². The van der Waals surface area contributed by atoms with Crippen LogP contribution in [0.25, 0.3) is 10.8 Å². The normalized spacial score (nSPS) is 20.8. The Kier molecular flexibility index (Phi) is 3.89. The largest absolute Gasteiger partial charge is 0.460 e. The minimum absolute atomic E-state index is 0.258. The van der Waals surface area contributed by atoms with Gasteiger partial charge in [0.1, 0.15) is 5.69 Å². The van der Waals surface area contributed by atoms with E-state index in [-0.39, 0.29) is 5.41 Å². The number of para-hydroxylation sites is 1. The van der Waals surface area contributed by atoms with Crippen LogP contribution in [-0.4, -0.2) is 25.0 Å². The molecular formula is C25H27N3O. The van der Waals surface area contributed by atoms with Crippen LogP contribution in [0.2, 0.25) is 0 Å². The molecule has 0 aliphatic carbocycles. The lowest BCUT2D eigenvalue weighted by Gasteiger charge is -2.41. The summed E-state index contributed by atoms with van der Waals surface area (Å²) in [6, 6.07) is 19.1. The maximum atomic E-state index is 6.78. The lowest BCUT2D eigenvalue weighted by Crippen LogP contribution is -2.56. The highest BCUT2D eigenvalue weighted by molar-refractivity contribution is 6.06. The van der Waals surface area contributed by atoms with E-state index in [9.17, 15) is 0 Å². The quantitative estimate of drug-likeness (QED) is 0.612. The zero-order valence-corrected chi connectivity index (χ0v) is 17.5. The van der Waals surface area contributed by atoms with E-state index in [1.807, 2.05) is 6.21 Å². The lowest BCUT2D eigenvalue weighted by atomic mass is 9.78. The topological polar surface area (TPSA) is 36.9 Å². The van der Waals surface area contributed by atoms with Gasteiger partial charge in [-0.1, -0.05) is 42.5 Å². The third-order valence-electron chi connectivity index (χ3n) is 6.56. The van der Waals surface area contributed by atoms with Gasteiger partial charge in [-0.25, -0.2) is 0 Å². The molecule has 148 valence electrons. The van der Waals surface area contributed by atoms with Gasteiger partial charge in [-0.15, -0.1) is 0 Å². The lowest BCUT2D eigenvalue weighted by molar-refractivity contribution is 0.107. The smallest absolute Gasteiger partial charge is 0.226 e. The van der Waals surface area contributed by atoms with E-state index < -0.39 is 5.72 Å². The fourth-order valence-corrected chi connectivity index (χ4v) is 4.75. The number of ether oxygens (including phenoxy) is 1. The van der Waals surface area contributed by atoms with Gasteiger partial charge in [0.25, 0.3) is 0 Å². The summed E-state index contributed by atoms with van der Waals surface area (Å²) < 4.78 is 6.78. The number of nitrogens with zero attached hydrogens (tertiary/aromatic N) is 2. The highest BCUT2D eigenvalue weighted by atomic mass is 16.5. The van der Waals surface area contributed by atoms with E-state index in [0.29, 0.717) is 0 Å². The summed E-state index contributed by atoms with van der Waals surface area (Å²) in [5.41, 5.74) is 3.51. The molecule has 1 atom stereocenters. The van der Waals surface area contributed by atoms with Gasteiger partial charge in [0.05, 0.1) is 11.6 Å². The van der Waals surface area contributed by atoms with Crippen LogP contribution in [0.5, 0.6) is 5.75 Å². The first-order valence-electron chi connectivity index (χ1n) is 10.4. The minimum Gasteiger partial charge on any atom is -0.460 e. The Bertz CT molecular complexity index is 1130. The second kappa shape index (κ2) is 6.24. The molecule has 29 heavy (non-hydrogen) atoms. The van der Waals surface area contributed by atoms with Crippen LogP contribution >= 0.6 is 0 Å². The van der Waals surface area contributed by atoms with Crippen molar-refractivity contribution < 1.29 is 4.74 Å². The molecule has 0 saturated carbocycles. The number of rotatable bonds is 3. The number of benzene rings is 3. The van der Waals surface area contributed by atoms with Crippen molar-refractivity contribution in [2.45, 2.75) is 38.8 Å². The Labute approximate surface area is 172 Å². The van der Waals surface area contributed by atoms with Crippen molar-refractivity contribution in [2.75, 3.05) is 23.3 Å². The zero-order valence-electron chi connectivity index (χ0n) is 17.5. The molecule has 0 aromatic heterocycles. The van der Waals surface area contributed by atoms with E-state index in [2.05, 4.69) is 92.5 Å². The monoisotopic (exact) mass is 385 g/mol. The van der Waals surface area contributed by atoms with Gasteiger partial charge in [-0.2, -0.15) is 0 Å². The van der Waals surface area contributed by atoms with Crippen molar-refractivity contribution in [1.29, 1.82) is 0 Å². The molecule has 4 nitrogen and oxygen atoms in total. The van der Waals surface area contributed by atoms with Crippen molar-refractivity contribution in [3.05, 3.63) is 60.2 Å². The Morgan fingerprint density at radius 3 is 2.38 bits per heavy atom. The van der Waals surface area contributed by atoms with E-state index in [1.54, 1.807) is 0 Å². The van der Waals surface area contributed by atoms with Crippen LogP contribution in [0.3, 0.4) is 0 Å². The molecule has 0 amide bonds. The molecule has 3 aromatic carbocycles. The van der Waals surface area contributed by atoms with E-state index in [0.717, 1.165) is 35.6 Å². The molecule has 2 aliphatic rings. The number of fused-ring (bicyclic) bond motifs is 4. The predicted octanol–water partition coefficient (Wildman–Crippen LogP) is 5.88. The third kappa shape index (κ3) is 2.41. The molecule has 2 aliphatic heterocycles. The summed E-state index contributed by atoms with van der Waals surface area (Å²) in [6.07, 6.45) is 1.96. The van der Waals surface area contributed by atoms with Gasteiger partial charge in [-0.3, -0.25) is 4.99 Å². The van der Waals surface area contributed by atoms with Gasteiger partial charge < -0.3 is 15.0 Å². The number of anilines is 2. The minimum atomic E-state index is -0.702. The second-order valence-electron chi connectivity index (χ2n) is 8.35. The maximum absolute atomic E-state index is 6.78. The van der Waals surface area contributed by atoms with Crippen molar-refractivity contribution in [2.24, 2.45) is 4.99 Å². The fourth-order valence-electron chi connectivity index (χ4n) is 4.75. The Morgan fingerprint density at radius 1 is 0.966 bits per heavy atom. The van der Waals surface area contributed by atoms with E-state index in [1.165, 1.54) is 16.6 Å². The van der Waals surface area contributed by atoms with Crippen LogP contribution in [0.15, 0.2) is 59.6 Å². The van der Waals surface area contributed by atoms with E-state index in [4.69, 9.17) is 9.73 Å². The Hall–Kier alpha value is -3.01. The summed E-state index contributed by atoms with van der Waals surface area (Å²) in [6.45, 7) is 10.7. The van der Waals surface area contributed by atoms with Gasteiger partial charge in [-0.05, 0) is 39.3 Å². The molecule has 4 heteroatoms. The van der Waals surface area contributed by atoms with E-state index >= 15 is 0 Å². The Morgan fingerprint density at radius 2 is 1.66 bits per heavy atom. The number of hydrogen-bond acceptors (Lipinski definition) is 4. The zero-order chi connectivity index (χ0) is 20.2. The second-order valence-corrected chi connectivity index (χ2v) is 8.35. The number of nitrogens with one attached hydrogen (secondary N) is 1. The number of hydrogen-bond donors (Lipinski definition) is 1. The summed E-state index contributed by atoms with van der Waals surface area (Å²) in [5, 5.41) is 5.97. The summed E-state index contributed by atoms with van der Waals surface area (Å²) in [4.78, 5) is 7.33. The SMILES string of the molecule is CCN(CC)c1cc2c(c3ccccc13)N=CC1(Nc3ccccc3C1(C)C)O2. The first-order valence-corrected chi connectivity index (χ1v) is 10.4. The first kappa shape index (κ1) is 18.0. The highest BCUT2D eigenvalue weighted by Crippen LogP contribution is 2.52. The van der Waals surface area contributed by atoms with Gasteiger partial charge in [0, 0.05) is 41.3 Å². The van der Waals surface area contributed by atoms with Gasteiger partial charge in [0.2, 0.25) is 5.72 Å². The van der Waals surface area contributed by atoms with Crippen LogP contribution in [-0.2, 0) is 5.41 Å². The predicted molar refractivity (Wildman–Crippen MR) is 122 cm³/mol. The van der Waals surface area contributed by atoms with Gasteiger partial charge >= 0.3 is 0 Å². The molecular weight excluding hydrogens is 358 g/mol. The first-order chi connectivity index (χ1) is 14.0. The van der Waals surface area contributed by atoms with Crippen LogP contribution in [0.1, 0.15) is 33.3 Å². The molecule has 0 bridgehead atoms. The molecule has 0 saturated heterocycles. The summed E-state index contributed by atoms with van der Waals surface area (Å²) in [5.74, 6) is 0.835. The maximum Gasteiger partial charge on any atom is 0.226 e. The molecule has 2 heterocycles. The van der Waals surface area contributed by atoms with Crippen LogP contribution < -0.4 is 15.0 Å². The average molecular weight is 386 g/mol. The summed E-state index contributed by atoms with van der Waals surface area (Å²) >= 11 is 0. The fraction of sp³-hybridized carbons (Fsp3) is 0.320. The average Bonchev–Trinajstić information content (AvgIpc) is 2.95. The third-order valence-corrected chi connectivity index (χ3v) is 6.56. The molecule has 5 rings (SSSR count). The summed E-state index contributed by atoms with van der Waals surface area (Å²) in [7, 11) is 0. The van der Waals surface area contributed by atoms with Crippen molar-refractivity contribution >= 4 is 34.0 Å². The van der Waals surface area contributed by atoms with Crippen molar-refractivity contribution in [1.82, 2.24) is 0 Å². The molecule has 1 unspecified atom stereocenters. The van der Waals surface area contributed by atoms with Crippen LogP contribution in [0, 0.1) is 0 Å². The molecule has 0 radical (unpaired) electrons.